The number of hydrogen-bond acceptors (Lipinski definition) is 7. The first-order valence-corrected chi connectivity index (χ1v) is 8.37. The molecule has 1 saturated heterocycles. The molecule has 1 aliphatic heterocycles. The molecule has 1 fully saturated rings. The molecule has 25 heavy (non-hydrogen) atoms. The molecule has 4 rings (SSSR count). The standard InChI is InChI=1S/C18H21N7/c1-24-8-10-25(11-9-24)15-5-3-14(4-6-15)21-18-20-12-13-2-7-16(19)22-17(13)23-18/h2-7,12H,8-11H2,1H3,(H3,19,20,21,22,23). The summed E-state index contributed by atoms with van der Waals surface area (Å²) in [5.74, 6) is 0.964. The second-order valence-electron chi connectivity index (χ2n) is 6.30. The van der Waals surface area contributed by atoms with Crippen LogP contribution in [-0.2, 0) is 0 Å². The number of anilines is 4. The number of rotatable bonds is 3. The fourth-order valence-corrected chi connectivity index (χ4v) is 2.93. The fourth-order valence-electron chi connectivity index (χ4n) is 2.93. The molecule has 0 spiro atoms. The Hall–Kier alpha value is -2.93. The van der Waals surface area contributed by atoms with Gasteiger partial charge in [0.2, 0.25) is 5.95 Å². The van der Waals surface area contributed by atoms with Gasteiger partial charge >= 0.3 is 0 Å². The minimum atomic E-state index is 0.452. The molecule has 3 N–H and O–H groups in total. The maximum absolute atomic E-state index is 5.72. The number of aromatic nitrogens is 3. The molecule has 128 valence electrons. The number of piperazine rings is 1. The van der Waals surface area contributed by atoms with Gasteiger partial charge in [0, 0.05) is 49.1 Å². The lowest BCUT2D eigenvalue weighted by Gasteiger charge is -2.34. The average Bonchev–Trinajstić information content (AvgIpc) is 2.63. The molecule has 1 aromatic carbocycles. The molecule has 0 radical (unpaired) electrons. The first-order valence-electron chi connectivity index (χ1n) is 8.37. The molecule has 1 aliphatic rings. The van der Waals surface area contributed by atoms with Gasteiger partial charge < -0.3 is 20.9 Å². The van der Waals surface area contributed by atoms with Crippen LogP contribution in [0, 0.1) is 0 Å². The van der Waals surface area contributed by atoms with E-state index < -0.39 is 0 Å². The van der Waals surface area contributed by atoms with E-state index in [4.69, 9.17) is 5.73 Å². The minimum Gasteiger partial charge on any atom is -0.384 e. The number of likely N-dealkylation sites (N-methyl/N-ethyl adjacent to an activating group) is 1. The van der Waals surface area contributed by atoms with Crippen molar-refractivity contribution in [2.24, 2.45) is 0 Å². The van der Waals surface area contributed by atoms with Crippen LogP contribution in [0.2, 0.25) is 0 Å². The van der Waals surface area contributed by atoms with Gasteiger partial charge in [-0.2, -0.15) is 4.98 Å². The van der Waals surface area contributed by atoms with E-state index in [0.29, 0.717) is 17.4 Å². The van der Waals surface area contributed by atoms with Gasteiger partial charge in [0.05, 0.1) is 0 Å². The minimum absolute atomic E-state index is 0.452. The Bertz CT molecular complexity index is 870. The summed E-state index contributed by atoms with van der Waals surface area (Å²) in [5.41, 5.74) is 8.50. The van der Waals surface area contributed by atoms with Crippen LogP contribution in [0.25, 0.3) is 11.0 Å². The van der Waals surface area contributed by atoms with E-state index in [1.54, 1.807) is 12.3 Å². The zero-order chi connectivity index (χ0) is 17.2. The van der Waals surface area contributed by atoms with Crippen molar-refractivity contribution in [3.05, 3.63) is 42.6 Å². The van der Waals surface area contributed by atoms with Crippen molar-refractivity contribution in [3.8, 4) is 0 Å². The van der Waals surface area contributed by atoms with Gasteiger partial charge in [-0.3, -0.25) is 0 Å². The smallest absolute Gasteiger partial charge is 0.229 e. The molecule has 0 unspecified atom stereocenters. The van der Waals surface area contributed by atoms with Crippen molar-refractivity contribution in [2.75, 3.05) is 49.2 Å². The van der Waals surface area contributed by atoms with E-state index in [1.165, 1.54) is 5.69 Å². The number of hydrogen-bond donors (Lipinski definition) is 2. The molecule has 7 heteroatoms. The zero-order valence-corrected chi connectivity index (χ0v) is 14.2. The summed E-state index contributed by atoms with van der Waals surface area (Å²) >= 11 is 0. The van der Waals surface area contributed by atoms with Gasteiger partial charge in [-0.25, -0.2) is 9.97 Å². The molecule has 7 nitrogen and oxygen atoms in total. The number of nitrogens with zero attached hydrogens (tertiary/aromatic N) is 5. The van der Waals surface area contributed by atoms with Crippen molar-refractivity contribution < 1.29 is 0 Å². The molecule has 0 aliphatic carbocycles. The molecule has 3 heterocycles. The molecule has 0 atom stereocenters. The van der Waals surface area contributed by atoms with Crippen molar-refractivity contribution >= 4 is 34.2 Å². The number of nitrogen functional groups attached to an aromatic ring is 1. The van der Waals surface area contributed by atoms with Crippen LogP contribution in [0.15, 0.2) is 42.6 Å². The van der Waals surface area contributed by atoms with Crippen LogP contribution in [0.3, 0.4) is 0 Å². The Kier molecular flexibility index (Phi) is 4.07. The highest BCUT2D eigenvalue weighted by Gasteiger charge is 2.14. The second kappa shape index (κ2) is 6.52. The summed E-state index contributed by atoms with van der Waals surface area (Å²) in [5, 5.41) is 4.09. The van der Waals surface area contributed by atoms with E-state index in [9.17, 15) is 0 Å². The third kappa shape index (κ3) is 3.46. The molecular weight excluding hydrogens is 314 g/mol. The molecule has 2 aromatic heterocycles. The normalized spacial score (nSPS) is 15.5. The number of benzene rings is 1. The van der Waals surface area contributed by atoms with Gasteiger partial charge in [-0.1, -0.05) is 0 Å². The highest BCUT2D eigenvalue weighted by molar-refractivity contribution is 5.76. The van der Waals surface area contributed by atoms with Crippen molar-refractivity contribution in [2.45, 2.75) is 0 Å². The molecular formula is C18H21N7. The van der Waals surface area contributed by atoms with E-state index >= 15 is 0 Å². The summed E-state index contributed by atoms with van der Waals surface area (Å²) in [6.45, 7) is 4.32. The van der Waals surface area contributed by atoms with Crippen LogP contribution < -0.4 is 16.0 Å². The largest absolute Gasteiger partial charge is 0.384 e. The third-order valence-electron chi connectivity index (χ3n) is 4.46. The quantitative estimate of drug-likeness (QED) is 0.758. The number of nitrogens with one attached hydrogen (secondary N) is 1. The molecule has 0 bridgehead atoms. The fraction of sp³-hybridized carbons (Fsp3) is 0.278. The summed E-state index contributed by atoms with van der Waals surface area (Å²) in [7, 11) is 2.16. The summed E-state index contributed by atoms with van der Waals surface area (Å²) < 4.78 is 0. The lowest BCUT2D eigenvalue weighted by Crippen LogP contribution is -2.44. The topological polar surface area (TPSA) is 83.2 Å². The predicted molar refractivity (Wildman–Crippen MR) is 101 cm³/mol. The Labute approximate surface area is 146 Å². The molecule has 3 aromatic rings. The monoisotopic (exact) mass is 335 g/mol. The molecule has 0 saturated carbocycles. The van der Waals surface area contributed by atoms with Gasteiger partial charge in [0.1, 0.15) is 5.82 Å². The SMILES string of the molecule is CN1CCN(c2ccc(Nc3ncc4ccc(N)nc4n3)cc2)CC1. The number of pyridine rings is 1. The zero-order valence-electron chi connectivity index (χ0n) is 14.2. The third-order valence-corrected chi connectivity index (χ3v) is 4.46. The van der Waals surface area contributed by atoms with Gasteiger partial charge in [-0.05, 0) is 43.4 Å². The second-order valence-corrected chi connectivity index (χ2v) is 6.30. The first-order chi connectivity index (χ1) is 12.2. The van der Waals surface area contributed by atoms with Gasteiger partial charge in [0.15, 0.2) is 5.65 Å². The highest BCUT2D eigenvalue weighted by Crippen LogP contribution is 2.21. The maximum Gasteiger partial charge on any atom is 0.229 e. The Balaban J connectivity index is 1.49. The molecule has 0 amide bonds. The summed E-state index contributed by atoms with van der Waals surface area (Å²) in [6.07, 6.45) is 1.75. The van der Waals surface area contributed by atoms with Crippen LogP contribution in [0.4, 0.5) is 23.1 Å². The maximum atomic E-state index is 5.72. The summed E-state index contributed by atoms with van der Waals surface area (Å²) in [4.78, 5) is 17.7. The Morgan fingerprint density at radius 3 is 2.48 bits per heavy atom. The van der Waals surface area contributed by atoms with Gasteiger partial charge in [-0.15, -0.1) is 0 Å². The van der Waals surface area contributed by atoms with Crippen molar-refractivity contribution in [1.82, 2.24) is 19.9 Å². The number of fused-ring (bicyclic) bond motifs is 1. The Morgan fingerprint density at radius 1 is 0.960 bits per heavy atom. The van der Waals surface area contributed by atoms with E-state index in [-0.39, 0.29) is 0 Å². The van der Waals surface area contributed by atoms with Crippen molar-refractivity contribution in [3.63, 3.8) is 0 Å². The van der Waals surface area contributed by atoms with Crippen LogP contribution in [0.1, 0.15) is 0 Å². The lowest BCUT2D eigenvalue weighted by atomic mass is 10.2. The van der Waals surface area contributed by atoms with Crippen LogP contribution in [0.5, 0.6) is 0 Å². The number of nitrogens with two attached hydrogens (primary N) is 1. The predicted octanol–water partition coefficient (Wildman–Crippen LogP) is 2.10. The van der Waals surface area contributed by atoms with E-state index in [2.05, 4.69) is 49.2 Å². The van der Waals surface area contributed by atoms with Gasteiger partial charge in [0.25, 0.3) is 0 Å². The lowest BCUT2D eigenvalue weighted by molar-refractivity contribution is 0.313. The summed E-state index contributed by atoms with van der Waals surface area (Å²) in [6, 6.07) is 12.0. The van der Waals surface area contributed by atoms with Crippen molar-refractivity contribution in [1.29, 1.82) is 0 Å². The van der Waals surface area contributed by atoms with Crippen LogP contribution >= 0.6 is 0 Å². The first kappa shape index (κ1) is 15.6. The van der Waals surface area contributed by atoms with Crippen LogP contribution in [-0.4, -0.2) is 53.1 Å². The Morgan fingerprint density at radius 2 is 1.72 bits per heavy atom. The highest BCUT2D eigenvalue weighted by atomic mass is 15.2. The van der Waals surface area contributed by atoms with E-state index in [0.717, 1.165) is 37.3 Å². The average molecular weight is 335 g/mol. The van der Waals surface area contributed by atoms with E-state index in [1.807, 2.05) is 18.2 Å².